The lowest BCUT2D eigenvalue weighted by atomic mass is 10.2. The van der Waals surface area contributed by atoms with E-state index in [1.54, 1.807) is 17.0 Å². The van der Waals surface area contributed by atoms with E-state index >= 15 is 0 Å². The van der Waals surface area contributed by atoms with Gasteiger partial charge in [-0.05, 0) is 24.5 Å². The quantitative estimate of drug-likeness (QED) is 0.454. The van der Waals surface area contributed by atoms with Crippen LogP contribution in [0.4, 0.5) is 11.4 Å². The first kappa shape index (κ1) is 16.9. The van der Waals surface area contributed by atoms with Gasteiger partial charge in [0.25, 0.3) is 5.69 Å². The molecule has 0 spiro atoms. The van der Waals surface area contributed by atoms with Gasteiger partial charge in [0.2, 0.25) is 5.91 Å². The van der Waals surface area contributed by atoms with Crippen molar-refractivity contribution in [2.24, 2.45) is 5.92 Å². The monoisotopic (exact) mass is 293 g/mol. The predicted octanol–water partition coefficient (Wildman–Crippen LogP) is 2.90. The number of anilines is 1. The molecule has 6 heteroatoms. The van der Waals surface area contributed by atoms with Crippen molar-refractivity contribution in [1.29, 1.82) is 0 Å². The van der Waals surface area contributed by atoms with Crippen LogP contribution >= 0.6 is 0 Å². The molecule has 6 nitrogen and oxygen atoms in total. The summed E-state index contributed by atoms with van der Waals surface area (Å²) >= 11 is 0. The molecular weight excluding hydrogens is 270 g/mol. The van der Waals surface area contributed by atoms with E-state index in [4.69, 9.17) is 0 Å². The molecule has 1 rings (SSSR count). The van der Waals surface area contributed by atoms with Crippen LogP contribution in [0.15, 0.2) is 24.3 Å². The second-order valence-corrected chi connectivity index (χ2v) is 5.50. The van der Waals surface area contributed by atoms with E-state index < -0.39 is 4.92 Å². The van der Waals surface area contributed by atoms with Crippen molar-refractivity contribution in [2.45, 2.75) is 26.7 Å². The molecule has 0 unspecified atom stereocenters. The van der Waals surface area contributed by atoms with Crippen molar-refractivity contribution in [3.8, 4) is 0 Å². The Hall–Kier alpha value is -2.11. The molecule has 116 valence electrons. The maximum Gasteiger partial charge on any atom is 0.269 e. The molecule has 1 amide bonds. The second-order valence-electron chi connectivity index (χ2n) is 5.50. The van der Waals surface area contributed by atoms with Crippen LogP contribution in [0.5, 0.6) is 0 Å². The number of hydrogen-bond acceptors (Lipinski definition) is 4. The summed E-state index contributed by atoms with van der Waals surface area (Å²) in [6, 6.07) is 6.27. The van der Waals surface area contributed by atoms with Gasteiger partial charge in [-0.25, -0.2) is 0 Å². The molecule has 0 saturated heterocycles. The van der Waals surface area contributed by atoms with Crippen LogP contribution in [0.25, 0.3) is 0 Å². The standard InChI is InChI=1S/C15H23N3O3/c1-12(2)11-17(3)15(19)5-4-10-16-13-6-8-14(9-7-13)18(20)21/h6-9,12,16H,4-5,10-11H2,1-3H3. The van der Waals surface area contributed by atoms with Gasteiger partial charge in [-0.15, -0.1) is 0 Å². The molecule has 21 heavy (non-hydrogen) atoms. The highest BCUT2D eigenvalue weighted by Gasteiger charge is 2.09. The highest BCUT2D eigenvalue weighted by molar-refractivity contribution is 5.75. The van der Waals surface area contributed by atoms with Crippen LogP contribution < -0.4 is 5.32 Å². The first-order valence-corrected chi connectivity index (χ1v) is 7.12. The molecule has 0 aliphatic rings. The van der Waals surface area contributed by atoms with Crippen LogP contribution in [0.3, 0.4) is 0 Å². The number of nitrogens with zero attached hydrogens (tertiary/aromatic N) is 2. The van der Waals surface area contributed by atoms with E-state index in [0.29, 0.717) is 18.9 Å². The van der Waals surface area contributed by atoms with Crippen molar-refractivity contribution in [3.63, 3.8) is 0 Å². The van der Waals surface area contributed by atoms with Crippen molar-refractivity contribution in [3.05, 3.63) is 34.4 Å². The SMILES string of the molecule is CC(C)CN(C)C(=O)CCCNc1ccc([N+](=O)[O-])cc1. The molecule has 1 aromatic rings. The molecule has 0 fully saturated rings. The Balaban J connectivity index is 2.27. The van der Waals surface area contributed by atoms with Crippen molar-refractivity contribution >= 4 is 17.3 Å². The fourth-order valence-electron chi connectivity index (χ4n) is 2.01. The van der Waals surface area contributed by atoms with E-state index in [0.717, 1.165) is 18.7 Å². The Morgan fingerprint density at radius 3 is 2.48 bits per heavy atom. The zero-order valence-electron chi connectivity index (χ0n) is 12.8. The fraction of sp³-hybridized carbons (Fsp3) is 0.533. The van der Waals surface area contributed by atoms with Crippen molar-refractivity contribution in [2.75, 3.05) is 25.5 Å². The maximum atomic E-state index is 11.8. The zero-order chi connectivity index (χ0) is 15.8. The molecule has 0 radical (unpaired) electrons. The minimum Gasteiger partial charge on any atom is -0.385 e. The van der Waals surface area contributed by atoms with Gasteiger partial charge in [0.1, 0.15) is 0 Å². The van der Waals surface area contributed by atoms with Gasteiger partial charge in [0, 0.05) is 44.4 Å². The molecule has 0 aliphatic carbocycles. The minimum absolute atomic E-state index is 0.0750. The molecule has 0 aromatic heterocycles. The fourth-order valence-corrected chi connectivity index (χ4v) is 2.01. The Kier molecular flexibility index (Phi) is 6.65. The normalized spacial score (nSPS) is 10.5. The lowest BCUT2D eigenvalue weighted by Gasteiger charge is -2.19. The Labute approximate surface area is 125 Å². The summed E-state index contributed by atoms with van der Waals surface area (Å²) in [5, 5.41) is 13.7. The van der Waals surface area contributed by atoms with Gasteiger partial charge in [-0.1, -0.05) is 13.8 Å². The maximum absolute atomic E-state index is 11.8. The smallest absolute Gasteiger partial charge is 0.269 e. The zero-order valence-corrected chi connectivity index (χ0v) is 12.8. The van der Waals surface area contributed by atoms with Crippen LogP contribution in [0, 0.1) is 16.0 Å². The average molecular weight is 293 g/mol. The average Bonchev–Trinajstić information content (AvgIpc) is 2.43. The van der Waals surface area contributed by atoms with Gasteiger partial charge >= 0.3 is 0 Å². The van der Waals surface area contributed by atoms with E-state index in [1.165, 1.54) is 12.1 Å². The Morgan fingerprint density at radius 1 is 1.33 bits per heavy atom. The molecule has 0 heterocycles. The highest BCUT2D eigenvalue weighted by atomic mass is 16.6. The van der Waals surface area contributed by atoms with Gasteiger partial charge in [-0.2, -0.15) is 0 Å². The van der Waals surface area contributed by atoms with E-state index in [2.05, 4.69) is 19.2 Å². The lowest BCUT2D eigenvalue weighted by molar-refractivity contribution is -0.384. The van der Waals surface area contributed by atoms with Gasteiger partial charge < -0.3 is 10.2 Å². The van der Waals surface area contributed by atoms with Crippen LogP contribution in [0.1, 0.15) is 26.7 Å². The number of nitro groups is 1. The van der Waals surface area contributed by atoms with E-state index in [-0.39, 0.29) is 11.6 Å². The number of nitro benzene ring substituents is 1. The number of rotatable bonds is 8. The van der Waals surface area contributed by atoms with Gasteiger partial charge in [0.15, 0.2) is 0 Å². The van der Waals surface area contributed by atoms with Crippen molar-refractivity contribution in [1.82, 2.24) is 4.90 Å². The second kappa shape index (κ2) is 8.24. The number of hydrogen-bond donors (Lipinski definition) is 1. The van der Waals surface area contributed by atoms with Crippen molar-refractivity contribution < 1.29 is 9.72 Å². The van der Waals surface area contributed by atoms with E-state index in [9.17, 15) is 14.9 Å². The molecule has 1 aromatic carbocycles. The van der Waals surface area contributed by atoms with E-state index in [1.807, 2.05) is 7.05 Å². The van der Waals surface area contributed by atoms with Crippen LogP contribution in [-0.2, 0) is 4.79 Å². The molecule has 0 atom stereocenters. The third-order valence-corrected chi connectivity index (χ3v) is 3.04. The third-order valence-electron chi connectivity index (χ3n) is 3.04. The number of carbonyl (C=O) groups is 1. The molecule has 0 aliphatic heterocycles. The van der Waals surface area contributed by atoms with Crippen LogP contribution in [-0.4, -0.2) is 35.9 Å². The molecule has 0 saturated carbocycles. The van der Waals surface area contributed by atoms with Gasteiger partial charge in [0.05, 0.1) is 4.92 Å². The number of carbonyl (C=O) groups excluding carboxylic acids is 1. The summed E-state index contributed by atoms with van der Waals surface area (Å²) in [4.78, 5) is 23.7. The molecular formula is C15H23N3O3. The Bertz CT molecular complexity index is 472. The number of amides is 1. The number of non-ortho nitro benzene ring substituents is 1. The summed E-state index contributed by atoms with van der Waals surface area (Å²) in [6.07, 6.45) is 1.24. The molecule has 0 bridgehead atoms. The number of nitrogens with one attached hydrogen (secondary N) is 1. The summed E-state index contributed by atoms with van der Waals surface area (Å²) in [5.74, 6) is 0.617. The summed E-state index contributed by atoms with van der Waals surface area (Å²) in [5.41, 5.74) is 0.898. The topological polar surface area (TPSA) is 75.5 Å². The predicted molar refractivity (Wildman–Crippen MR) is 83.3 cm³/mol. The minimum atomic E-state index is -0.424. The highest BCUT2D eigenvalue weighted by Crippen LogP contribution is 2.15. The molecule has 1 N–H and O–H groups in total. The third kappa shape index (κ3) is 6.25. The lowest BCUT2D eigenvalue weighted by Crippen LogP contribution is -2.30. The number of benzene rings is 1. The first-order valence-electron chi connectivity index (χ1n) is 7.12. The summed E-state index contributed by atoms with van der Waals surface area (Å²) in [6.45, 7) is 5.60. The van der Waals surface area contributed by atoms with Crippen LogP contribution in [0.2, 0.25) is 0 Å². The largest absolute Gasteiger partial charge is 0.385 e. The van der Waals surface area contributed by atoms with Gasteiger partial charge in [-0.3, -0.25) is 14.9 Å². The first-order chi connectivity index (χ1) is 9.90. The summed E-state index contributed by atoms with van der Waals surface area (Å²) in [7, 11) is 1.83. The Morgan fingerprint density at radius 2 is 1.95 bits per heavy atom. The summed E-state index contributed by atoms with van der Waals surface area (Å²) < 4.78 is 0.